The maximum atomic E-state index is 12.9. The predicted octanol–water partition coefficient (Wildman–Crippen LogP) is 23.0. The third kappa shape index (κ3) is 36.3. The van der Waals surface area contributed by atoms with Gasteiger partial charge in [-0.05, 0) is 339 Å². The number of carbonyl (C=O) groups excluding carboxylic acids is 6. The summed E-state index contributed by atoms with van der Waals surface area (Å²) in [6.45, 7) is 53.1. The third-order valence-corrected chi connectivity index (χ3v) is 31.5. The monoisotopic (exact) mass is 2180 g/mol. The predicted molar refractivity (Wildman–Crippen MR) is 516 cm³/mol. The highest BCUT2D eigenvalue weighted by Gasteiger charge is 2.72. The lowest BCUT2D eigenvalue weighted by molar-refractivity contribution is -0.383. The van der Waals surface area contributed by atoms with Crippen LogP contribution in [0, 0.1) is 71.0 Å². The molecule has 22 unspecified atom stereocenters. The lowest BCUT2D eigenvalue weighted by Crippen LogP contribution is -2.61. The van der Waals surface area contributed by atoms with Gasteiger partial charge in [-0.3, -0.25) is 0 Å². The first-order chi connectivity index (χ1) is 67.3. The van der Waals surface area contributed by atoms with Crippen molar-refractivity contribution in [2.45, 2.75) is 455 Å². The van der Waals surface area contributed by atoms with E-state index >= 15 is 0 Å². The van der Waals surface area contributed by atoms with Crippen molar-refractivity contribution < 1.29 is 195 Å². The Labute approximate surface area is 865 Å². The highest BCUT2D eigenvalue weighted by molar-refractivity contribution is 5.89. The van der Waals surface area contributed by atoms with Gasteiger partial charge in [0.25, 0.3) is 5.60 Å². The van der Waals surface area contributed by atoms with E-state index < -0.39 is 180 Å². The van der Waals surface area contributed by atoms with Crippen LogP contribution in [0.25, 0.3) is 0 Å². The van der Waals surface area contributed by atoms with Gasteiger partial charge in [-0.15, -0.1) is 0 Å². The van der Waals surface area contributed by atoms with Crippen LogP contribution < -0.4 is 0 Å². The van der Waals surface area contributed by atoms with Crippen LogP contribution >= 0.6 is 0 Å². The van der Waals surface area contributed by atoms with E-state index in [-0.39, 0.29) is 100 Å². The standard InChI is InChI=1S/C18H24F6O4.2C18H27F3O4.C18H29F3O4.C18H32O4.C17H27F3O4/c1-9(2)14(25)28-13-11-6-5-10(7-11)12(13)15(3,4)27-8-16(26,17(19,20)21)18(22,23)24;1-10(2)15(22)25-14-8-11-6-12(14)7-13(11)16(3,4)24-9-17(5,23)18(19,20)21;1-10(2)15(22)25-14-8-11-6-12(14)13(7-11)16(3,4)24-9-17(5,23)18(19,20)21;1-6-17(7-2,24-11-16(5,23)18(19,20)21)13-9-8-10-14(13)25-15(22)12(3)4;1-7-18(8-2,21-12-17(5,6)20)14-9-10-15(11-14)22-16(19)13(3)4;1-11(2)14(21)24-13-8-6-7-12(9-13)15(3,4)23-10-16(5,22)17(18,19)20/h10-13,26H,1,5-8H2,2-4H3;2*11-14,23H,1,6-9H2,2-5H3;13-14,23H,3,6-11H2,1-2,4-5H3;14-15,20H,3,7-12H2,1-2,4-6H3;12-13,22H,1,6-10H2,2-5H3. The first kappa shape index (κ1) is 135. The van der Waals surface area contributed by atoms with Crippen molar-refractivity contribution in [2.24, 2.45) is 71.0 Å². The molecule has 9 aliphatic carbocycles. The molecule has 0 radical (unpaired) electrons. The van der Waals surface area contributed by atoms with Gasteiger partial charge in [-0.1, -0.05) is 67.2 Å². The summed E-state index contributed by atoms with van der Waals surface area (Å²) in [7, 11) is 0. The largest absolute Gasteiger partial charge is 0.459 e. The summed E-state index contributed by atoms with van der Waals surface area (Å²) in [4.78, 5) is 70.5. The highest BCUT2D eigenvalue weighted by Crippen LogP contribution is 2.59. The molecule has 0 spiro atoms. The molecule has 9 rings (SSSR count). The summed E-state index contributed by atoms with van der Waals surface area (Å²) >= 11 is 0. The Balaban J connectivity index is 0.000000373. The van der Waals surface area contributed by atoms with Crippen LogP contribution in [0.4, 0.5) is 79.0 Å². The number of hydrogen-bond acceptors (Lipinski definition) is 24. The number of fused-ring (bicyclic) bond motifs is 6. The molecule has 0 saturated heterocycles. The van der Waals surface area contributed by atoms with Crippen molar-refractivity contribution in [2.75, 3.05) is 39.6 Å². The zero-order valence-electron chi connectivity index (χ0n) is 91.0. The number of halogens is 18. The summed E-state index contributed by atoms with van der Waals surface area (Å²) < 4.78 is 297. The summed E-state index contributed by atoms with van der Waals surface area (Å²) in [5.41, 5.74) is -20.7. The number of rotatable bonds is 40. The third-order valence-electron chi connectivity index (χ3n) is 31.5. The molecule has 22 atom stereocenters. The van der Waals surface area contributed by atoms with E-state index in [1.54, 1.807) is 90.0 Å². The van der Waals surface area contributed by atoms with E-state index in [4.69, 9.17) is 56.8 Å². The first-order valence-electron chi connectivity index (χ1n) is 51.1. The minimum absolute atomic E-state index is 0.0294. The molecule has 0 aromatic rings. The Morgan fingerprint density at radius 3 is 1.03 bits per heavy atom. The fraction of sp³-hybridized carbons (Fsp3) is 0.832. The van der Waals surface area contributed by atoms with Gasteiger partial charge in [-0.25, -0.2) is 28.8 Å². The van der Waals surface area contributed by atoms with Crippen LogP contribution in [-0.2, 0) is 85.6 Å². The Hall–Kier alpha value is -6.48. The minimum atomic E-state index is -5.96. The summed E-state index contributed by atoms with van der Waals surface area (Å²) in [6.07, 6.45) is -15.6. The fourth-order valence-corrected chi connectivity index (χ4v) is 21.5. The van der Waals surface area contributed by atoms with Crippen LogP contribution in [-0.4, -0.2) is 247 Å². The van der Waals surface area contributed by atoms with E-state index in [2.05, 4.69) is 53.3 Å². The highest BCUT2D eigenvalue weighted by atomic mass is 19.4. The molecule has 864 valence electrons. The Morgan fingerprint density at radius 2 is 0.638 bits per heavy atom. The molecular weight excluding hydrogens is 2010 g/mol. The quantitative estimate of drug-likeness (QED) is 0.0144. The van der Waals surface area contributed by atoms with Crippen LogP contribution in [0.2, 0.25) is 0 Å². The summed E-state index contributed by atoms with van der Waals surface area (Å²) in [5.74, 6) is -2.48. The molecule has 0 heterocycles. The van der Waals surface area contributed by atoms with Gasteiger partial charge in [0.05, 0.1) is 78.8 Å². The van der Waals surface area contributed by atoms with Crippen LogP contribution in [0.5, 0.6) is 0 Å². The molecule has 6 N–H and O–H groups in total. The van der Waals surface area contributed by atoms with Gasteiger partial charge in [0.1, 0.15) is 36.6 Å². The van der Waals surface area contributed by atoms with Gasteiger partial charge in [-0.2, -0.15) is 79.0 Å². The van der Waals surface area contributed by atoms with E-state index in [0.717, 1.165) is 96.8 Å². The van der Waals surface area contributed by atoms with Gasteiger partial charge >= 0.3 is 72.9 Å². The lowest BCUT2D eigenvalue weighted by atomic mass is 9.76. The van der Waals surface area contributed by atoms with Gasteiger partial charge in [0, 0.05) is 51.2 Å². The van der Waals surface area contributed by atoms with Crippen molar-refractivity contribution in [1.82, 2.24) is 0 Å². The molecule has 0 aromatic heterocycles. The number of alkyl halides is 18. The number of ether oxygens (including phenoxy) is 12. The molecule has 9 fully saturated rings. The second-order valence-electron chi connectivity index (χ2n) is 46.3. The Bertz CT molecular complexity index is 4450. The summed E-state index contributed by atoms with van der Waals surface area (Å²) in [5, 5.41) is 57.6. The Kier molecular flexibility index (Phi) is 46.8. The Morgan fingerprint density at radius 1 is 0.282 bits per heavy atom. The van der Waals surface area contributed by atoms with Gasteiger partial charge < -0.3 is 87.5 Å². The molecule has 42 heteroatoms. The molecule has 0 aliphatic heterocycles. The number of aliphatic hydroxyl groups is 6. The molecule has 6 bridgehead atoms. The average molecular weight is 2180 g/mol. The molecule has 0 amide bonds. The van der Waals surface area contributed by atoms with Crippen LogP contribution in [0.1, 0.15) is 314 Å². The van der Waals surface area contributed by atoms with E-state index in [1.807, 2.05) is 13.8 Å². The van der Waals surface area contributed by atoms with Crippen LogP contribution in [0.15, 0.2) is 72.9 Å². The van der Waals surface area contributed by atoms with Crippen molar-refractivity contribution in [3.05, 3.63) is 72.9 Å². The molecule has 149 heavy (non-hydrogen) atoms. The maximum Gasteiger partial charge on any atom is 0.428 e. The van der Waals surface area contributed by atoms with Gasteiger partial charge in [0.15, 0.2) is 22.4 Å². The van der Waals surface area contributed by atoms with Crippen LogP contribution in [0.3, 0.4) is 0 Å². The molecule has 9 saturated carbocycles. The van der Waals surface area contributed by atoms with E-state index in [0.29, 0.717) is 119 Å². The zero-order valence-corrected chi connectivity index (χ0v) is 91.0. The van der Waals surface area contributed by atoms with E-state index in [9.17, 15) is 138 Å². The number of hydrogen-bond donors (Lipinski definition) is 6. The second-order valence-corrected chi connectivity index (χ2v) is 46.3. The van der Waals surface area contributed by atoms with Crippen molar-refractivity contribution in [3.8, 4) is 0 Å². The van der Waals surface area contributed by atoms with Crippen molar-refractivity contribution in [3.63, 3.8) is 0 Å². The van der Waals surface area contributed by atoms with Crippen molar-refractivity contribution in [1.29, 1.82) is 0 Å². The van der Waals surface area contributed by atoms with Gasteiger partial charge in [0.2, 0.25) is 0 Å². The smallest absolute Gasteiger partial charge is 0.428 e. The lowest BCUT2D eigenvalue weighted by Gasteiger charge is -2.43. The van der Waals surface area contributed by atoms with Crippen molar-refractivity contribution >= 4 is 35.8 Å². The fourth-order valence-electron chi connectivity index (χ4n) is 21.5. The normalized spacial score (nSPS) is 27.4. The average Bonchev–Trinajstić information content (AvgIpc) is 1.73. The zero-order chi connectivity index (χ0) is 115. The number of carbonyl (C=O) groups is 6. The molecule has 24 nitrogen and oxygen atoms in total. The second kappa shape index (κ2) is 51.7. The topological polar surface area (TPSA) is 335 Å². The molecule has 0 aromatic carbocycles. The first-order valence-corrected chi connectivity index (χ1v) is 51.1. The molecular formula is C107H166F18O24. The summed E-state index contributed by atoms with van der Waals surface area (Å²) in [6, 6.07) is 0. The number of esters is 6. The SMILES string of the molecule is C=C(C)C(=O)OC1C2CCC(C2)C1C(C)(C)OCC(O)(C(F)(F)F)C(F)(F)F.C=C(C)C(=O)OC1CC2CC1C(C(C)(C)OCC(C)(O)C(F)(F)F)C2.C=C(C)C(=O)OC1CC2CC1CC2C(C)(C)OCC(C)(O)C(F)(F)F.C=C(C)C(=O)OC1CCC(C(CC)(CC)OCC(C)(C)O)C1.C=C(C)C(=O)OC1CCCC(C(C)(C)OCC(C)(O)C(F)(F)F)C1.C=C(C)C(=O)OC1CCCC1C(CC)(CC)OCC(C)(O)C(F)(F)F. The van der Waals surface area contributed by atoms with E-state index in [1.165, 1.54) is 20.8 Å². The minimum Gasteiger partial charge on any atom is -0.459 e. The maximum absolute atomic E-state index is 12.9. The molecule has 9 aliphatic rings.